The summed E-state index contributed by atoms with van der Waals surface area (Å²) in [6, 6.07) is -0.0746. The third-order valence-corrected chi connectivity index (χ3v) is 4.48. The van der Waals surface area contributed by atoms with Crippen LogP contribution in [0, 0.1) is 0 Å². The lowest BCUT2D eigenvalue weighted by atomic mass is 10.3. The Morgan fingerprint density at radius 2 is 1.65 bits per heavy atom. The Balaban J connectivity index is 5.12. The molecule has 7 heteroatoms. The van der Waals surface area contributed by atoms with Crippen molar-refractivity contribution < 1.29 is 19.5 Å². The van der Waals surface area contributed by atoms with E-state index in [0.717, 1.165) is 0 Å². The molecule has 0 aliphatic carbocycles. The van der Waals surface area contributed by atoms with Gasteiger partial charge >= 0.3 is 0 Å². The molecule has 0 heterocycles. The van der Waals surface area contributed by atoms with Crippen molar-refractivity contribution in [1.29, 1.82) is 0 Å². The Morgan fingerprint density at radius 3 is 1.88 bits per heavy atom. The summed E-state index contributed by atoms with van der Waals surface area (Å²) in [6.07, 6.45) is -0.650. The molecular weight excluding hydrogens is 243 g/mol. The Morgan fingerprint density at radius 1 is 1.24 bits per heavy atom. The van der Waals surface area contributed by atoms with Crippen LogP contribution in [0.5, 0.6) is 0 Å². The molecule has 0 rings (SSSR count). The van der Waals surface area contributed by atoms with Crippen LogP contribution in [0.4, 0.5) is 0 Å². The summed E-state index contributed by atoms with van der Waals surface area (Å²) in [5, 5.41) is 10.2. The molecule has 0 aliphatic heterocycles. The van der Waals surface area contributed by atoms with Crippen molar-refractivity contribution in [2.24, 2.45) is 0 Å². The number of carbonyl (C=O) groups excluding carboxylic acids is 1. The first kappa shape index (κ1) is 16.6. The van der Waals surface area contributed by atoms with Crippen LogP contribution in [0.3, 0.4) is 0 Å². The molecular formula is C10H23N2O4P. The lowest BCUT2D eigenvalue weighted by Gasteiger charge is -2.40. The predicted octanol–water partition coefficient (Wildman–Crippen LogP) is 1.53. The standard InChI is InChI=1S/C10H23N2O4P/c1-7(2)11(10(5)17(6,15)16)8(3)12(14)9(4)13/h7-8,10,14H,1-6H3,(H,15,16). The SMILES string of the molecule is CC(=O)N(O)C(C)N(C(C)C)C(C)P(C)(=O)O. The van der Waals surface area contributed by atoms with Crippen molar-refractivity contribution in [1.82, 2.24) is 9.96 Å². The molecule has 0 aromatic heterocycles. The number of hydroxylamine groups is 2. The van der Waals surface area contributed by atoms with Crippen molar-refractivity contribution in [3.8, 4) is 0 Å². The molecule has 3 atom stereocenters. The minimum absolute atomic E-state index is 0.0746. The smallest absolute Gasteiger partial charge is 0.244 e. The molecule has 0 bridgehead atoms. The fraction of sp³-hybridized carbons (Fsp3) is 0.900. The molecule has 102 valence electrons. The normalized spacial score (nSPS) is 18.9. The lowest BCUT2D eigenvalue weighted by molar-refractivity contribution is -0.191. The van der Waals surface area contributed by atoms with Crippen LogP contribution in [0.15, 0.2) is 0 Å². The molecule has 2 N–H and O–H groups in total. The third-order valence-electron chi connectivity index (χ3n) is 2.83. The molecule has 0 radical (unpaired) electrons. The van der Waals surface area contributed by atoms with Gasteiger partial charge in [-0.3, -0.25) is 19.5 Å². The van der Waals surface area contributed by atoms with Crippen LogP contribution in [0.2, 0.25) is 0 Å². The molecule has 0 spiro atoms. The summed E-state index contributed by atoms with van der Waals surface area (Å²) in [5.41, 5.74) is 0. The highest BCUT2D eigenvalue weighted by Crippen LogP contribution is 2.44. The second-order valence-electron chi connectivity index (χ2n) is 4.61. The molecule has 0 aromatic carbocycles. The van der Waals surface area contributed by atoms with E-state index in [-0.39, 0.29) is 6.04 Å². The van der Waals surface area contributed by atoms with Gasteiger partial charge in [0.2, 0.25) is 13.3 Å². The highest BCUT2D eigenvalue weighted by atomic mass is 31.2. The summed E-state index contributed by atoms with van der Waals surface area (Å²) >= 11 is 0. The second-order valence-corrected chi connectivity index (χ2v) is 7.25. The van der Waals surface area contributed by atoms with Crippen molar-refractivity contribution in [2.45, 2.75) is 52.6 Å². The van der Waals surface area contributed by atoms with E-state index in [2.05, 4.69) is 0 Å². The van der Waals surface area contributed by atoms with Gasteiger partial charge in [0, 0.05) is 19.6 Å². The van der Waals surface area contributed by atoms with Crippen molar-refractivity contribution >= 4 is 13.3 Å². The van der Waals surface area contributed by atoms with Crippen LogP contribution < -0.4 is 0 Å². The maximum absolute atomic E-state index is 11.7. The van der Waals surface area contributed by atoms with Crippen LogP contribution in [-0.2, 0) is 9.36 Å². The molecule has 0 saturated heterocycles. The summed E-state index contributed by atoms with van der Waals surface area (Å²) in [4.78, 5) is 22.3. The fourth-order valence-electron chi connectivity index (χ4n) is 1.81. The quantitative estimate of drug-likeness (QED) is 0.341. The summed E-state index contributed by atoms with van der Waals surface area (Å²) in [7, 11) is -3.31. The van der Waals surface area contributed by atoms with Crippen molar-refractivity contribution in [2.75, 3.05) is 6.66 Å². The van der Waals surface area contributed by atoms with E-state index < -0.39 is 25.2 Å². The number of rotatable bonds is 5. The first-order valence-electron chi connectivity index (χ1n) is 5.56. The van der Waals surface area contributed by atoms with Crippen LogP contribution in [0.1, 0.15) is 34.6 Å². The highest BCUT2D eigenvalue weighted by molar-refractivity contribution is 7.57. The van der Waals surface area contributed by atoms with E-state index in [0.29, 0.717) is 5.06 Å². The zero-order valence-corrected chi connectivity index (χ0v) is 12.2. The van der Waals surface area contributed by atoms with E-state index in [1.54, 1.807) is 18.7 Å². The predicted molar refractivity (Wildman–Crippen MR) is 66.0 cm³/mol. The van der Waals surface area contributed by atoms with Gasteiger partial charge < -0.3 is 4.89 Å². The summed E-state index contributed by atoms with van der Waals surface area (Å²) in [5.74, 6) is -1.13. The van der Waals surface area contributed by atoms with E-state index in [9.17, 15) is 19.5 Å². The second kappa shape index (κ2) is 5.96. The van der Waals surface area contributed by atoms with Crippen molar-refractivity contribution in [3.63, 3.8) is 0 Å². The van der Waals surface area contributed by atoms with Crippen molar-refractivity contribution in [3.05, 3.63) is 0 Å². The third kappa shape index (κ3) is 4.39. The number of hydrogen-bond acceptors (Lipinski definition) is 4. The Kier molecular flexibility index (Phi) is 5.81. The highest BCUT2D eigenvalue weighted by Gasteiger charge is 2.35. The Hall–Kier alpha value is -0.420. The van der Waals surface area contributed by atoms with Gasteiger partial charge in [0.25, 0.3) is 0 Å². The number of hydrogen-bond donors (Lipinski definition) is 2. The van der Waals surface area contributed by atoms with Gasteiger partial charge in [-0.2, -0.15) is 0 Å². The van der Waals surface area contributed by atoms with E-state index in [4.69, 9.17) is 0 Å². The van der Waals surface area contributed by atoms with E-state index in [1.807, 2.05) is 13.8 Å². The molecule has 0 fully saturated rings. The minimum Gasteiger partial charge on any atom is -0.343 e. The first-order valence-corrected chi connectivity index (χ1v) is 7.73. The molecule has 1 amide bonds. The maximum atomic E-state index is 11.7. The number of amides is 1. The van der Waals surface area contributed by atoms with Gasteiger partial charge in [-0.1, -0.05) is 0 Å². The van der Waals surface area contributed by atoms with Gasteiger partial charge in [-0.25, -0.2) is 5.06 Å². The monoisotopic (exact) mass is 266 g/mol. The maximum Gasteiger partial charge on any atom is 0.244 e. The van der Waals surface area contributed by atoms with Gasteiger partial charge in [0.1, 0.15) is 6.17 Å². The van der Waals surface area contributed by atoms with E-state index >= 15 is 0 Å². The zero-order valence-electron chi connectivity index (χ0n) is 11.3. The van der Waals surface area contributed by atoms with Gasteiger partial charge in [0.15, 0.2) is 0 Å². The van der Waals surface area contributed by atoms with Gasteiger partial charge in [0.05, 0.1) is 5.78 Å². The molecule has 0 saturated carbocycles. The van der Waals surface area contributed by atoms with E-state index in [1.165, 1.54) is 13.6 Å². The van der Waals surface area contributed by atoms with Crippen LogP contribution in [-0.4, -0.2) is 50.6 Å². The Bertz CT molecular complexity index is 315. The Labute approximate surface area is 103 Å². The molecule has 6 nitrogen and oxygen atoms in total. The number of nitrogens with zero attached hydrogens (tertiary/aromatic N) is 2. The molecule has 3 unspecified atom stereocenters. The summed E-state index contributed by atoms with van der Waals surface area (Å²) in [6.45, 7) is 9.44. The topological polar surface area (TPSA) is 81.1 Å². The average Bonchev–Trinajstić information content (AvgIpc) is 2.14. The van der Waals surface area contributed by atoms with Crippen LogP contribution >= 0.6 is 7.37 Å². The number of carbonyl (C=O) groups is 1. The lowest BCUT2D eigenvalue weighted by Crippen LogP contribution is -2.53. The minimum atomic E-state index is -3.31. The average molecular weight is 266 g/mol. The zero-order chi connectivity index (χ0) is 14.0. The largest absolute Gasteiger partial charge is 0.343 e. The fourth-order valence-corrected chi connectivity index (χ4v) is 2.77. The molecule has 0 aliphatic rings. The van der Waals surface area contributed by atoms with Crippen LogP contribution in [0.25, 0.3) is 0 Å². The molecule has 17 heavy (non-hydrogen) atoms. The van der Waals surface area contributed by atoms with Gasteiger partial charge in [-0.05, 0) is 27.7 Å². The molecule has 0 aromatic rings. The van der Waals surface area contributed by atoms with Gasteiger partial charge in [-0.15, -0.1) is 0 Å². The first-order chi connectivity index (χ1) is 7.50. The summed E-state index contributed by atoms with van der Waals surface area (Å²) < 4.78 is 11.7.